The van der Waals surface area contributed by atoms with E-state index < -0.39 is 10.8 Å². The van der Waals surface area contributed by atoms with Gasteiger partial charge < -0.3 is 23.7 Å². The minimum absolute atomic E-state index is 0.142. The number of furan rings is 1. The fraction of sp³-hybridized carbons (Fsp3) is 0.292. The molecule has 1 fully saturated rings. The minimum atomic E-state index is -1.27. The number of methoxy groups -OCH3 is 2. The highest BCUT2D eigenvalue weighted by Crippen LogP contribution is 2.23. The molecule has 0 radical (unpaired) electrons. The van der Waals surface area contributed by atoms with E-state index in [0.29, 0.717) is 29.5 Å². The topological polar surface area (TPSA) is 72.2 Å². The van der Waals surface area contributed by atoms with Crippen LogP contribution in [0.2, 0.25) is 0 Å². The van der Waals surface area contributed by atoms with Crippen LogP contribution >= 0.6 is 0 Å². The van der Waals surface area contributed by atoms with Gasteiger partial charge >= 0.3 is 0 Å². The van der Waals surface area contributed by atoms with Crippen LogP contribution < -0.4 is 14.4 Å². The van der Waals surface area contributed by atoms with Crippen LogP contribution in [0.4, 0.5) is 5.69 Å². The lowest BCUT2D eigenvalue weighted by Gasteiger charge is -2.35. The van der Waals surface area contributed by atoms with Gasteiger partial charge in [-0.05, 0) is 48.5 Å². The lowest BCUT2D eigenvalue weighted by atomic mass is 10.2. The molecule has 2 aromatic carbocycles. The molecule has 0 unspecified atom stereocenters. The highest BCUT2D eigenvalue weighted by molar-refractivity contribution is 7.84. The summed E-state index contributed by atoms with van der Waals surface area (Å²) >= 11 is 0. The van der Waals surface area contributed by atoms with Gasteiger partial charge in [-0.3, -0.25) is 9.00 Å². The highest BCUT2D eigenvalue weighted by Gasteiger charge is 2.25. The third kappa shape index (κ3) is 4.96. The molecule has 1 amide bonds. The summed E-state index contributed by atoms with van der Waals surface area (Å²) in [6.07, 6.45) is 0. The zero-order valence-corrected chi connectivity index (χ0v) is 19.0. The molecule has 4 rings (SSSR count). The molecule has 1 saturated heterocycles. The lowest BCUT2D eigenvalue weighted by molar-refractivity contribution is 0.0713. The van der Waals surface area contributed by atoms with Gasteiger partial charge in [-0.2, -0.15) is 0 Å². The van der Waals surface area contributed by atoms with Crippen LogP contribution in [0.15, 0.2) is 70.0 Å². The van der Waals surface area contributed by atoms with Crippen molar-refractivity contribution in [2.75, 3.05) is 45.3 Å². The summed E-state index contributed by atoms with van der Waals surface area (Å²) < 4.78 is 28.8. The summed E-state index contributed by atoms with van der Waals surface area (Å²) in [5.74, 6) is 2.40. The molecular weight excluding hydrogens is 428 g/mol. The molecular formula is C24H26N2O5S. The molecule has 3 aromatic rings. The molecule has 1 atom stereocenters. The number of benzene rings is 2. The first-order chi connectivity index (χ1) is 15.6. The summed E-state index contributed by atoms with van der Waals surface area (Å²) in [6, 6.07) is 18.4. The summed E-state index contributed by atoms with van der Waals surface area (Å²) in [4.78, 5) is 17.6. The van der Waals surface area contributed by atoms with Crippen molar-refractivity contribution in [2.24, 2.45) is 0 Å². The number of hydrogen-bond acceptors (Lipinski definition) is 6. The quantitative estimate of drug-likeness (QED) is 0.544. The maximum atomic E-state index is 12.9. The number of anilines is 1. The van der Waals surface area contributed by atoms with Crippen molar-refractivity contribution in [1.82, 2.24) is 4.90 Å². The predicted molar refractivity (Wildman–Crippen MR) is 123 cm³/mol. The Hall–Kier alpha value is -3.26. The monoisotopic (exact) mass is 454 g/mol. The normalized spacial score (nSPS) is 14.8. The molecule has 0 spiro atoms. The van der Waals surface area contributed by atoms with Gasteiger partial charge in [0, 0.05) is 42.8 Å². The predicted octanol–water partition coefficient (Wildman–Crippen LogP) is 3.57. The van der Waals surface area contributed by atoms with Gasteiger partial charge in [-0.25, -0.2) is 0 Å². The second kappa shape index (κ2) is 9.91. The first kappa shape index (κ1) is 22.0. The molecule has 2 heterocycles. The van der Waals surface area contributed by atoms with E-state index in [2.05, 4.69) is 4.90 Å². The van der Waals surface area contributed by atoms with Crippen LogP contribution in [0.3, 0.4) is 0 Å². The van der Waals surface area contributed by atoms with Gasteiger partial charge in [0.2, 0.25) is 0 Å². The first-order valence-electron chi connectivity index (χ1n) is 10.4. The second-order valence-electron chi connectivity index (χ2n) is 7.41. The van der Waals surface area contributed by atoms with E-state index >= 15 is 0 Å². The van der Waals surface area contributed by atoms with Crippen molar-refractivity contribution < 1.29 is 22.9 Å². The van der Waals surface area contributed by atoms with Crippen LogP contribution in [0.5, 0.6) is 11.5 Å². The number of rotatable bonds is 7. The molecule has 8 heteroatoms. The fourth-order valence-corrected chi connectivity index (χ4v) is 4.66. The van der Waals surface area contributed by atoms with E-state index in [0.717, 1.165) is 24.5 Å². The first-order valence-corrected chi connectivity index (χ1v) is 11.7. The van der Waals surface area contributed by atoms with Gasteiger partial charge in [-0.1, -0.05) is 6.07 Å². The number of carbonyl (C=O) groups excluding carboxylic acids is 1. The molecule has 168 valence electrons. The Bertz CT molecular complexity index is 1090. The number of amides is 1. The van der Waals surface area contributed by atoms with Gasteiger partial charge in [0.1, 0.15) is 17.3 Å². The van der Waals surface area contributed by atoms with Crippen LogP contribution in [-0.4, -0.2) is 55.4 Å². The number of hydrogen-bond donors (Lipinski definition) is 0. The Kier molecular flexibility index (Phi) is 6.80. The summed E-state index contributed by atoms with van der Waals surface area (Å²) in [7, 11) is 1.97. The molecule has 1 aliphatic rings. The van der Waals surface area contributed by atoms with Crippen molar-refractivity contribution in [3.05, 3.63) is 72.2 Å². The number of nitrogens with zero attached hydrogens (tertiary/aromatic N) is 2. The molecule has 0 aliphatic carbocycles. The number of ether oxygens (including phenoxy) is 2. The summed E-state index contributed by atoms with van der Waals surface area (Å²) in [5, 5.41) is 0. The van der Waals surface area contributed by atoms with Crippen molar-refractivity contribution >= 4 is 22.4 Å². The third-order valence-corrected chi connectivity index (χ3v) is 6.80. The standard InChI is InChI=1S/C24H26N2O5S/c1-29-19-6-9-22(10-7-19)32(28)17-21-8-11-23(31-21)24(27)26-14-12-25(13-15-26)18-4-3-5-20(16-18)30-2/h3-11,16H,12-15,17H2,1-2H3/t32-/m1/s1. The molecule has 0 bridgehead atoms. The highest BCUT2D eigenvalue weighted by atomic mass is 32.2. The largest absolute Gasteiger partial charge is 0.497 e. The Morgan fingerprint density at radius 3 is 2.34 bits per heavy atom. The molecule has 1 aromatic heterocycles. The lowest BCUT2D eigenvalue weighted by Crippen LogP contribution is -2.48. The van der Waals surface area contributed by atoms with E-state index in [1.165, 1.54) is 0 Å². The molecule has 0 N–H and O–H groups in total. The maximum absolute atomic E-state index is 12.9. The molecule has 7 nitrogen and oxygen atoms in total. The van der Waals surface area contributed by atoms with E-state index in [1.807, 2.05) is 24.3 Å². The Balaban J connectivity index is 1.34. The average Bonchev–Trinajstić information content (AvgIpc) is 3.32. The van der Waals surface area contributed by atoms with E-state index in [1.54, 1.807) is 55.5 Å². The van der Waals surface area contributed by atoms with Gasteiger partial charge in [0.05, 0.1) is 30.8 Å². The zero-order valence-electron chi connectivity index (χ0n) is 18.2. The zero-order chi connectivity index (χ0) is 22.5. The van der Waals surface area contributed by atoms with Crippen LogP contribution in [0, 0.1) is 0 Å². The number of carbonyl (C=O) groups is 1. The van der Waals surface area contributed by atoms with Crippen molar-refractivity contribution in [3.8, 4) is 11.5 Å². The fourth-order valence-electron chi connectivity index (χ4n) is 3.64. The van der Waals surface area contributed by atoms with Crippen LogP contribution in [-0.2, 0) is 16.6 Å². The summed E-state index contributed by atoms with van der Waals surface area (Å²) in [5.41, 5.74) is 1.08. The third-order valence-electron chi connectivity index (χ3n) is 5.45. The van der Waals surface area contributed by atoms with E-state index in [4.69, 9.17) is 13.9 Å². The van der Waals surface area contributed by atoms with Gasteiger partial charge in [-0.15, -0.1) is 0 Å². The molecule has 0 saturated carbocycles. The Morgan fingerprint density at radius 1 is 0.938 bits per heavy atom. The van der Waals surface area contributed by atoms with Gasteiger partial charge in [0.15, 0.2) is 5.76 Å². The molecule has 1 aliphatic heterocycles. The van der Waals surface area contributed by atoms with E-state index in [9.17, 15) is 9.00 Å². The van der Waals surface area contributed by atoms with Crippen LogP contribution in [0.25, 0.3) is 0 Å². The van der Waals surface area contributed by atoms with Crippen molar-refractivity contribution in [2.45, 2.75) is 10.6 Å². The van der Waals surface area contributed by atoms with Crippen molar-refractivity contribution in [1.29, 1.82) is 0 Å². The minimum Gasteiger partial charge on any atom is -0.497 e. The molecule has 32 heavy (non-hydrogen) atoms. The van der Waals surface area contributed by atoms with E-state index in [-0.39, 0.29) is 17.4 Å². The smallest absolute Gasteiger partial charge is 0.289 e. The summed E-state index contributed by atoms with van der Waals surface area (Å²) in [6.45, 7) is 2.66. The SMILES string of the molecule is COc1ccc([S@](=O)Cc2ccc(C(=O)N3CCN(c4cccc(OC)c4)CC3)o2)cc1. The second-order valence-corrected chi connectivity index (χ2v) is 8.86. The number of piperazine rings is 1. The Morgan fingerprint density at radius 2 is 1.66 bits per heavy atom. The average molecular weight is 455 g/mol. The Labute approximate surface area is 190 Å². The maximum Gasteiger partial charge on any atom is 0.289 e. The van der Waals surface area contributed by atoms with Crippen molar-refractivity contribution in [3.63, 3.8) is 0 Å². The van der Waals surface area contributed by atoms with Gasteiger partial charge in [0.25, 0.3) is 5.91 Å². The van der Waals surface area contributed by atoms with Crippen LogP contribution in [0.1, 0.15) is 16.3 Å².